The van der Waals surface area contributed by atoms with Gasteiger partial charge in [0.25, 0.3) is 0 Å². The molecule has 1 unspecified atom stereocenters. The van der Waals surface area contributed by atoms with Gasteiger partial charge in [0.1, 0.15) is 6.61 Å². The fourth-order valence-electron chi connectivity index (χ4n) is 2.66. The van der Waals surface area contributed by atoms with E-state index in [9.17, 15) is 5.11 Å². The Hall–Kier alpha value is -0.520. The van der Waals surface area contributed by atoms with Crippen LogP contribution in [0, 0.1) is 24.2 Å². The number of hydrogen-bond donors (Lipinski definition) is 1. The van der Waals surface area contributed by atoms with Gasteiger partial charge in [0, 0.05) is 0 Å². The second-order valence-electron chi connectivity index (χ2n) is 4.95. The molecule has 0 spiro atoms. The zero-order valence-electron chi connectivity index (χ0n) is 8.70. The van der Waals surface area contributed by atoms with Gasteiger partial charge < -0.3 is 9.84 Å². The molecule has 0 aromatic rings. The van der Waals surface area contributed by atoms with Gasteiger partial charge in [0.05, 0.1) is 11.7 Å². The van der Waals surface area contributed by atoms with Crippen molar-refractivity contribution in [2.75, 3.05) is 6.61 Å². The number of ether oxygens (including phenoxy) is 1. The van der Waals surface area contributed by atoms with Gasteiger partial charge in [-0.3, -0.25) is 0 Å². The van der Waals surface area contributed by atoms with Crippen LogP contribution < -0.4 is 0 Å². The molecule has 0 aliphatic heterocycles. The summed E-state index contributed by atoms with van der Waals surface area (Å²) in [7, 11) is 0. The summed E-state index contributed by atoms with van der Waals surface area (Å²) in [5.74, 6) is 3.85. The van der Waals surface area contributed by atoms with Crippen LogP contribution in [0.3, 0.4) is 0 Å². The molecule has 2 aliphatic rings. The van der Waals surface area contributed by atoms with Crippen molar-refractivity contribution in [1.82, 2.24) is 0 Å². The van der Waals surface area contributed by atoms with Crippen molar-refractivity contribution < 1.29 is 9.84 Å². The maximum Gasteiger partial charge on any atom is 0.107 e. The highest BCUT2D eigenvalue weighted by Gasteiger charge is 2.49. The summed E-state index contributed by atoms with van der Waals surface area (Å²) in [4.78, 5) is 0. The third-order valence-electron chi connectivity index (χ3n) is 3.50. The van der Waals surface area contributed by atoms with Gasteiger partial charge >= 0.3 is 0 Å². The number of terminal acetylenes is 1. The highest BCUT2D eigenvalue weighted by molar-refractivity contribution is 5.00. The quantitative estimate of drug-likeness (QED) is 0.676. The Morgan fingerprint density at radius 1 is 1.64 bits per heavy atom. The third-order valence-corrected chi connectivity index (χ3v) is 3.50. The van der Waals surface area contributed by atoms with E-state index in [2.05, 4.69) is 5.92 Å². The standard InChI is InChI=1S/C12H18O2/c1-3-6-14-11-4-5-12(2,13)8-9-7-10(9)11/h1,9-11,13H,4-8H2,2H3/t9-,10-,11-,12?/m1/s1. The van der Waals surface area contributed by atoms with E-state index in [4.69, 9.17) is 11.2 Å². The molecule has 0 radical (unpaired) electrons. The summed E-state index contributed by atoms with van der Waals surface area (Å²) in [6.07, 6.45) is 9.42. The van der Waals surface area contributed by atoms with Crippen molar-refractivity contribution in [1.29, 1.82) is 0 Å². The Morgan fingerprint density at radius 3 is 3.14 bits per heavy atom. The molecule has 2 nitrogen and oxygen atoms in total. The monoisotopic (exact) mass is 194 g/mol. The fourth-order valence-corrected chi connectivity index (χ4v) is 2.66. The van der Waals surface area contributed by atoms with Crippen LogP contribution in [0.25, 0.3) is 0 Å². The zero-order chi connectivity index (χ0) is 10.2. The van der Waals surface area contributed by atoms with E-state index in [1.165, 1.54) is 6.42 Å². The summed E-state index contributed by atoms with van der Waals surface area (Å²) < 4.78 is 5.61. The average molecular weight is 194 g/mol. The summed E-state index contributed by atoms with van der Waals surface area (Å²) in [6.45, 7) is 2.35. The molecule has 0 heterocycles. The van der Waals surface area contributed by atoms with Crippen LogP contribution in [-0.2, 0) is 4.74 Å². The normalized spacial score (nSPS) is 46.2. The van der Waals surface area contributed by atoms with Crippen molar-refractivity contribution >= 4 is 0 Å². The zero-order valence-corrected chi connectivity index (χ0v) is 8.70. The second-order valence-corrected chi connectivity index (χ2v) is 4.95. The average Bonchev–Trinajstić information content (AvgIpc) is 2.82. The van der Waals surface area contributed by atoms with Crippen LogP contribution >= 0.6 is 0 Å². The number of fused-ring (bicyclic) bond motifs is 1. The molecule has 2 rings (SSSR count). The minimum atomic E-state index is -0.479. The van der Waals surface area contributed by atoms with Crippen molar-refractivity contribution in [2.45, 2.75) is 44.3 Å². The molecule has 0 aromatic heterocycles. The lowest BCUT2D eigenvalue weighted by Crippen LogP contribution is -2.24. The second kappa shape index (κ2) is 3.56. The maximum absolute atomic E-state index is 10.00. The van der Waals surface area contributed by atoms with E-state index < -0.39 is 5.60 Å². The van der Waals surface area contributed by atoms with Crippen molar-refractivity contribution in [3.05, 3.63) is 0 Å². The summed E-state index contributed by atoms with van der Waals surface area (Å²) >= 11 is 0. The predicted octanol–water partition coefficient (Wildman–Crippen LogP) is 1.58. The molecular weight excluding hydrogens is 176 g/mol. The summed E-state index contributed by atoms with van der Waals surface area (Å²) in [6, 6.07) is 0. The van der Waals surface area contributed by atoms with Crippen LogP contribution in [0.2, 0.25) is 0 Å². The molecule has 0 aromatic carbocycles. The molecule has 4 atom stereocenters. The van der Waals surface area contributed by atoms with Gasteiger partial charge in [-0.05, 0) is 44.4 Å². The highest BCUT2D eigenvalue weighted by Crippen LogP contribution is 2.51. The van der Waals surface area contributed by atoms with E-state index in [1.54, 1.807) is 0 Å². The van der Waals surface area contributed by atoms with Crippen molar-refractivity contribution in [3.63, 3.8) is 0 Å². The SMILES string of the molecule is C#CCO[C@@H]1CCC(C)(O)C[C@H]2C[C@H]21. The highest BCUT2D eigenvalue weighted by atomic mass is 16.5. The van der Waals surface area contributed by atoms with Gasteiger partial charge in [-0.2, -0.15) is 0 Å². The first kappa shape index (κ1) is 10.0. The van der Waals surface area contributed by atoms with Crippen LogP contribution in [-0.4, -0.2) is 23.4 Å². The number of rotatable bonds is 2. The number of hydrogen-bond acceptors (Lipinski definition) is 2. The first-order valence-electron chi connectivity index (χ1n) is 5.40. The van der Waals surface area contributed by atoms with E-state index in [0.717, 1.165) is 19.3 Å². The van der Waals surface area contributed by atoms with Crippen molar-refractivity contribution in [3.8, 4) is 12.3 Å². The Balaban J connectivity index is 1.92. The summed E-state index contributed by atoms with van der Waals surface area (Å²) in [5, 5.41) is 10.00. The molecule has 14 heavy (non-hydrogen) atoms. The molecule has 2 saturated carbocycles. The minimum absolute atomic E-state index is 0.296. The summed E-state index contributed by atoms with van der Waals surface area (Å²) in [5.41, 5.74) is -0.479. The maximum atomic E-state index is 10.00. The molecule has 78 valence electrons. The van der Waals surface area contributed by atoms with E-state index >= 15 is 0 Å². The largest absolute Gasteiger partial charge is 0.390 e. The molecule has 2 fully saturated rings. The van der Waals surface area contributed by atoms with Gasteiger partial charge in [0.15, 0.2) is 0 Å². The lowest BCUT2D eigenvalue weighted by atomic mass is 9.95. The smallest absolute Gasteiger partial charge is 0.107 e. The first-order valence-corrected chi connectivity index (χ1v) is 5.40. The van der Waals surface area contributed by atoms with Gasteiger partial charge in [-0.1, -0.05) is 5.92 Å². The third kappa shape index (κ3) is 2.10. The van der Waals surface area contributed by atoms with Gasteiger partial charge in [-0.15, -0.1) is 6.42 Å². The van der Waals surface area contributed by atoms with E-state index in [1.807, 2.05) is 6.92 Å². The van der Waals surface area contributed by atoms with Crippen molar-refractivity contribution in [2.24, 2.45) is 11.8 Å². The van der Waals surface area contributed by atoms with Crippen LogP contribution in [0.1, 0.15) is 32.6 Å². The molecule has 0 amide bonds. The van der Waals surface area contributed by atoms with Crippen LogP contribution in [0.15, 0.2) is 0 Å². The molecule has 0 bridgehead atoms. The molecule has 1 N–H and O–H groups in total. The molecule has 0 saturated heterocycles. The Labute approximate surface area is 85.6 Å². The Kier molecular flexibility index (Phi) is 2.55. The first-order chi connectivity index (χ1) is 6.62. The fraction of sp³-hybridized carbons (Fsp3) is 0.833. The molecular formula is C12H18O2. The molecule has 2 heteroatoms. The predicted molar refractivity (Wildman–Crippen MR) is 54.6 cm³/mol. The van der Waals surface area contributed by atoms with Gasteiger partial charge in [0.2, 0.25) is 0 Å². The van der Waals surface area contributed by atoms with Crippen LogP contribution in [0.4, 0.5) is 0 Å². The Morgan fingerprint density at radius 2 is 2.43 bits per heavy atom. The van der Waals surface area contributed by atoms with Gasteiger partial charge in [-0.25, -0.2) is 0 Å². The van der Waals surface area contributed by atoms with E-state index in [0.29, 0.717) is 24.5 Å². The Bertz CT molecular complexity index is 252. The number of aliphatic hydroxyl groups is 1. The van der Waals surface area contributed by atoms with Crippen LogP contribution in [0.5, 0.6) is 0 Å². The lowest BCUT2D eigenvalue weighted by Gasteiger charge is -2.22. The molecule has 2 aliphatic carbocycles. The lowest BCUT2D eigenvalue weighted by molar-refractivity contribution is 0.0191. The van der Waals surface area contributed by atoms with E-state index in [-0.39, 0.29) is 0 Å². The topological polar surface area (TPSA) is 29.5 Å². The minimum Gasteiger partial charge on any atom is -0.390 e.